The Labute approximate surface area is 237 Å². The number of aliphatic hydroxyl groups is 1. The molecule has 2 bridgehead atoms. The van der Waals surface area contributed by atoms with Crippen LogP contribution in [0.1, 0.15) is 58.6 Å². The number of amides is 3. The summed E-state index contributed by atoms with van der Waals surface area (Å²) in [6, 6.07) is 7.92. The highest BCUT2D eigenvalue weighted by atomic mass is 32.2. The molecule has 2 unspecified atom stereocenters. The third-order valence-electron chi connectivity index (χ3n) is 8.49. The monoisotopic (exact) mass is 553 g/mol. The third kappa shape index (κ3) is 4.95. The van der Waals surface area contributed by atoms with E-state index in [4.69, 9.17) is 0 Å². The van der Waals surface area contributed by atoms with Crippen molar-refractivity contribution in [2.24, 2.45) is 11.8 Å². The van der Waals surface area contributed by atoms with Crippen LogP contribution in [-0.4, -0.2) is 85.3 Å². The van der Waals surface area contributed by atoms with Crippen molar-refractivity contribution >= 4 is 29.5 Å². The number of rotatable bonds is 11. The predicted molar refractivity (Wildman–Crippen MR) is 156 cm³/mol. The van der Waals surface area contributed by atoms with Crippen molar-refractivity contribution in [1.29, 1.82) is 0 Å². The zero-order chi connectivity index (χ0) is 28.5. The number of aliphatic hydroxyl groups excluding tert-OH is 1. The van der Waals surface area contributed by atoms with Gasteiger partial charge in [-0.15, -0.1) is 24.9 Å². The van der Waals surface area contributed by atoms with E-state index < -0.39 is 34.2 Å². The molecule has 3 aliphatic rings. The van der Waals surface area contributed by atoms with Crippen LogP contribution in [-0.2, 0) is 14.4 Å². The Morgan fingerprint density at radius 1 is 1.18 bits per heavy atom. The van der Waals surface area contributed by atoms with Crippen molar-refractivity contribution in [2.45, 2.75) is 74.6 Å². The summed E-state index contributed by atoms with van der Waals surface area (Å²) in [5.41, 5.74) is 0.268. The van der Waals surface area contributed by atoms with Gasteiger partial charge < -0.3 is 19.8 Å². The predicted octanol–water partition coefficient (Wildman–Crippen LogP) is 4.05. The molecule has 0 radical (unpaired) electrons. The van der Waals surface area contributed by atoms with E-state index >= 15 is 0 Å². The minimum absolute atomic E-state index is 0.0140. The molecule has 1 aromatic carbocycles. The lowest BCUT2D eigenvalue weighted by Gasteiger charge is -2.43. The van der Waals surface area contributed by atoms with Crippen molar-refractivity contribution < 1.29 is 19.5 Å². The van der Waals surface area contributed by atoms with Gasteiger partial charge in [0.25, 0.3) is 0 Å². The number of nitrogens with zero attached hydrogens (tertiary/aromatic N) is 3. The van der Waals surface area contributed by atoms with Gasteiger partial charge in [-0.2, -0.15) is 0 Å². The first-order valence-corrected chi connectivity index (χ1v) is 14.9. The molecular weight excluding hydrogens is 510 g/mol. The standard InChI is InChI=1S/C31H43N3O4S/c1-7-17-32(18-8-2)27(36)24-23-15-16-31(39-23)25(24)28(37)34(22(20-35)21-13-11-10-12-14-21)26(31)29(38)33(19-9-3)30(4,5)6/h7,9-14,22-26,35H,1,3,8,15-20H2,2,4-6H3/t22-,23+,24-,25+,26?,31?/m1/s1. The summed E-state index contributed by atoms with van der Waals surface area (Å²) >= 11 is 1.66. The number of hydrogen-bond acceptors (Lipinski definition) is 5. The number of carbonyl (C=O) groups excluding carboxylic acids is 3. The molecule has 3 heterocycles. The minimum Gasteiger partial charge on any atom is -0.394 e. The lowest BCUT2D eigenvalue weighted by atomic mass is 9.70. The highest BCUT2D eigenvalue weighted by Crippen LogP contribution is 2.67. The molecule has 3 aliphatic heterocycles. The van der Waals surface area contributed by atoms with E-state index in [0.29, 0.717) is 26.1 Å². The Balaban J connectivity index is 1.85. The van der Waals surface area contributed by atoms with Crippen LogP contribution in [0.2, 0.25) is 0 Å². The van der Waals surface area contributed by atoms with E-state index in [9.17, 15) is 19.5 Å². The minimum atomic E-state index is -0.793. The Morgan fingerprint density at radius 3 is 2.41 bits per heavy atom. The van der Waals surface area contributed by atoms with Gasteiger partial charge in [-0.3, -0.25) is 14.4 Å². The lowest BCUT2D eigenvalue weighted by molar-refractivity contribution is -0.149. The fourth-order valence-corrected chi connectivity index (χ4v) is 9.11. The van der Waals surface area contributed by atoms with Gasteiger partial charge >= 0.3 is 0 Å². The van der Waals surface area contributed by atoms with Gasteiger partial charge in [0.2, 0.25) is 17.7 Å². The second-order valence-corrected chi connectivity index (χ2v) is 13.5. The molecule has 8 heteroatoms. The molecule has 6 atom stereocenters. The van der Waals surface area contributed by atoms with Crippen LogP contribution in [0.5, 0.6) is 0 Å². The average molecular weight is 554 g/mol. The first-order valence-electron chi connectivity index (χ1n) is 14.0. The Hall–Kier alpha value is -2.58. The Bertz CT molecular complexity index is 1100. The van der Waals surface area contributed by atoms with Crippen LogP contribution < -0.4 is 0 Å². The summed E-state index contributed by atoms with van der Waals surface area (Å²) in [5.74, 6) is -1.49. The van der Waals surface area contributed by atoms with Gasteiger partial charge in [0.15, 0.2) is 0 Å². The lowest BCUT2D eigenvalue weighted by Crippen LogP contribution is -2.59. The largest absolute Gasteiger partial charge is 0.394 e. The maximum absolute atomic E-state index is 14.6. The molecule has 1 N–H and O–H groups in total. The molecule has 4 rings (SSSR count). The third-order valence-corrected chi connectivity index (χ3v) is 10.4. The van der Waals surface area contributed by atoms with Gasteiger partial charge in [-0.25, -0.2) is 0 Å². The van der Waals surface area contributed by atoms with Crippen LogP contribution in [0, 0.1) is 11.8 Å². The number of likely N-dealkylation sites (tertiary alicyclic amines) is 1. The van der Waals surface area contributed by atoms with Crippen LogP contribution in [0.4, 0.5) is 0 Å². The van der Waals surface area contributed by atoms with Gasteiger partial charge in [0.1, 0.15) is 6.04 Å². The van der Waals surface area contributed by atoms with Crippen molar-refractivity contribution in [1.82, 2.24) is 14.7 Å². The topological polar surface area (TPSA) is 81.2 Å². The summed E-state index contributed by atoms with van der Waals surface area (Å²) < 4.78 is -0.724. The SMILES string of the molecule is C=CCN(CCC)C(=O)[C@@H]1[C@@H]2CCC3(S2)C(C(=O)N(CC=C)C(C)(C)C)N([C@H](CO)c2ccccc2)C(=O)[C@H]13. The second kappa shape index (κ2) is 11.5. The van der Waals surface area contributed by atoms with Crippen LogP contribution in [0.15, 0.2) is 55.6 Å². The molecule has 7 nitrogen and oxygen atoms in total. The second-order valence-electron chi connectivity index (χ2n) is 11.9. The first-order chi connectivity index (χ1) is 18.6. The van der Waals surface area contributed by atoms with E-state index in [1.807, 2.05) is 58.0 Å². The summed E-state index contributed by atoms with van der Waals surface area (Å²) in [5, 5.41) is 10.7. The molecule has 0 aromatic heterocycles. The average Bonchev–Trinajstić information content (AvgIpc) is 3.54. The van der Waals surface area contributed by atoms with Crippen LogP contribution in [0.3, 0.4) is 0 Å². The summed E-state index contributed by atoms with van der Waals surface area (Å²) in [7, 11) is 0. The van der Waals surface area contributed by atoms with Crippen molar-refractivity contribution in [2.75, 3.05) is 26.2 Å². The molecule has 1 aromatic rings. The van der Waals surface area contributed by atoms with Gasteiger partial charge in [-0.05, 0) is 45.6 Å². The Kier molecular flexibility index (Phi) is 8.67. The highest BCUT2D eigenvalue weighted by molar-refractivity contribution is 8.02. The van der Waals surface area contributed by atoms with E-state index in [-0.39, 0.29) is 29.6 Å². The fourth-order valence-electron chi connectivity index (χ4n) is 6.92. The molecular formula is C31H43N3O4S. The molecule has 212 valence electrons. The van der Waals surface area contributed by atoms with Crippen molar-refractivity contribution in [3.8, 4) is 0 Å². The number of thioether (sulfide) groups is 1. The number of fused-ring (bicyclic) bond motifs is 1. The smallest absolute Gasteiger partial charge is 0.247 e. The van der Waals surface area contributed by atoms with Crippen molar-refractivity contribution in [3.05, 3.63) is 61.2 Å². The maximum Gasteiger partial charge on any atom is 0.247 e. The van der Waals surface area contributed by atoms with Gasteiger partial charge in [-0.1, -0.05) is 49.4 Å². The number of hydrogen-bond donors (Lipinski definition) is 1. The fraction of sp³-hybridized carbons (Fsp3) is 0.581. The van der Waals surface area contributed by atoms with Crippen LogP contribution in [0.25, 0.3) is 0 Å². The Morgan fingerprint density at radius 2 is 1.85 bits per heavy atom. The number of carbonyl (C=O) groups is 3. The van der Waals surface area contributed by atoms with E-state index in [0.717, 1.165) is 18.4 Å². The van der Waals surface area contributed by atoms with Crippen LogP contribution >= 0.6 is 11.8 Å². The molecule has 3 saturated heterocycles. The summed E-state index contributed by atoms with van der Waals surface area (Å²) in [6.45, 7) is 16.7. The van der Waals surface area contributed by atoms with E-state index in [1.165, 1.54) is 0 Å². The quantitative estimate of drug-likeness (QED) is 0.418. The molecule has 0 aliphatic carbocycles. The zero-order valence-electron chi connectivity index (χ0n) is 23.7. The maximum atomic E-state index is 14.6. The molecule has 0 saturated carbocycles. The van der Waals surface area contributed by atoms with Gasteiger partial charge in [0, 0.05) is 30.4 Å². The zero-order valence-corrected chi connectivity index (χ0v) is 24.5. The van der Waals surface area contributed by atoms with Gasteiger partial charge in [0.05, 0.1) is 29.2 Å². The van der Waals surface area contributed by atoms with Crippen molar-refractivity contribution in [3.63, 3.8) is 0 Å². The highest BCUT2D eigenvalue weighted by Gasteiger charge is 2.75. The van der Waals surface area contributed by atoms with E-state index in [1.54, 1.807) is 38.6 Å². The first kappa shape index (κ1) is 29.4. The summed E-state index contributed by atoms with van der Waals surface area (Å²) in [6.07, 6.45) is 5.71. The molecule has 1 spiro atoms. The summed E-state index contributed by atoms with van der Waals surface area (Å²) in [4.78, 5) is 48.4. The van der Waals surface area contributed by atoms with E-state index in [2.05, 4.69) is 13.2 Å². The normalized spacial score (nSPS) is 28.2. The molecule has 3 amide bonds. The molecule has 39 heavy (non-hydrogen) atoms. The molecule has 3 fully saturated rings. The number of benzene rings is 1.